The first-order valence-electron chi connectivity index (χ1n) is 5.27. The summed E-state index contributed by atoms with van der Waals surface area (Å²) in [7, 11) is 0. The third kappa shape index (κ3) is 6.56. The third-order valence-electron chi connectivity index (χ3n) is 2.44. The molecule has 76 valence electrons. The summed E-state index contributed by atoms with van der Waals surface area (Å²) in [5, 5.41) is 7.33. The fourth-order valence-corrected chi connectivity index (χ4v) is 1.60. The number of rotatable bonds is 7. The summed E-state index contributed by atoms with van der Waals surface area (Å²) in [6.45, 7) is 10.2. The summed E-state index contributed by atoms with van der Waals surface area (Å²) in [6, 6.07) is 0. The Morgan fingerprint density at radius 2 is 1.92 bits per heavy atom. The smallest absolute Gasteiger partial charge is 0.00582 e. The third-order valence-corrected chi connectivity index (χ3v) is 2.44. The van der Waals surface area contributed by atoms with Crippen LogP contribution in [0, 0.1) is 11.3 Å². The van der Waals surface area contributed by atoms with Crippen molar-refractivity contribution >= 4 is 5.71 Å². The molecule has 0 rings (SSSR count). The highest BCUT2D eigenvalue weighted by molar-refractivity contribution is 5.78. The molecule has 0 fully saturated rings. The van der Waals surface area contributed by atoms with E-state index < -0.39 is 0 Å². The summed E-state index contributed by atoms with van der Waals surface area (Å²) in [4.78, 5) is 0. The van der Waals surface area contributed by atoms with Crippen LogP contribution in [0.3, 0.4) is 0 Å². The Balaban J connectivity index is 3.69. The molecule has 0 aromatic heterocycles. The second kappa shape index (κ2) is 6.88. The zero-order chi connectivity index (χ0) is 10.3. The molecule has 0 aliphatic heterocycles. The Morgan fingerprint density at radius 1 is 1.31 bits per heavy atom. The van der Waals surface area contributed by atoms with E-state index in [2.05, 4.69) is 20.4 Å². The largest absolute Gasteiger partial charge is 0.310 e. The Hall–Kier alpha value is -0.590. The van der Waals surface area contributed by atoms with Crippen LogP contribution in [0.4, 0.5) is 0 Å². The second-order valence-corrected chi connectivity index (χ2v) is 4.00. The summed E-state index contributed by atoms with van der Waals surface area (Å²) in [5.41, 5.74) is 2.11. The van der Waals surface area contributed by atoms with Crippen molar-refractivity contribution in [1.29, 1.82) is 5.41 Å². The molecular weight excluding hydrogens is 158 g/mol. The zero-order valence-corrected chi connectivity index (χ0v) is 9.32. The van der Waals surface area contributed by atoms with Gasteiger partial charge in [0.05, 0.1) is 0 Å². The zero-order valence-electron chi connectivity index (χ0n) is 9.32. The van der Waals surface area contributed by atoms with Gasteiger partial charge >= 0.3 is 0 Å². The molecule has 0 radical (unpaired) electrons. The predicted octanol–water partition coefficient (Wildman–Crippen LogP) is 4.19. The van der Waals surface area contributed by atoms with Gasteiger partial charge in [-0.1, -0.05) is 25.5 Å². The molecule has 0 aliphatic carbocycles. The highest BCUT2D eigenvalue weighted by Crippen LogP contribution is 2.21. The number of nitrogens with one attached hydrogen (secondary N) is 1. The number of hydrogen-bond acceptors (Lipinski definition) is 1. The molecule has 1 N–H and O–H groups in total. The van der Waals surface area contributed by atoms with Gasteiger partial charge in [0.1, 0.15) is 0 Å². The maximum atomic E-state index is 7.33. The average Bonchev–Trinajstić information content (AvgIpc) is 2.02. The van der Waals surface area contributed by atoms with Gasteiger partial charge in [0, 0.05) is 5.71 Å². The SMILES string of the molecule is C=C(C)C(CCC)CCCC(C)=N. The van der Waals surface area contributed by atoms with Crippen LogP contribution in [0.5, 0.6) is 0 Å². The molecule has 0 aliphatic rings. The maximum absolute atomic E-state index is 7.33. The van der Waals surface area contributed by atoms with Crippen LogP contribution in [-0.2, 0) is 0 Å². The molecule has 1 unspecified atom stereocenters. The van der Waals surface area contributed by atoms with E-state index >= 15 is 0 Å². The van der Waals surface area contributed by atoms with Crippen LogP contribution in [0.1, 0.15) is 52.9 Å². The van der Waals surface area contributed by atoms with Gasteiger partial charge in [0.2, 0.25) is 0 Å². The molecule has 0 amide bonds. The predicted molar refractivity (Wildman–Crippen MR) is 60.5 cm³/mol. The average molecular weight is 181 g/mol. The van der Waals surface area contributed by atoms with Crippen LogP contribution in [-0.4, -0.2) is 5.71 Å². The maximum Gasteiger partial charge on any atom is 0.00582 e. The monoisotopic (exact) mass is 181 g/mol. The molecule has 0 aromatic rings. The highest BCUT2D eigenvalue weighted by atomic mass is 14.4. The quantitative estimate of drug-likeness (QED) is 0.450. The lowest BCUT2D eigenvalue weighted by Gasteiger charge is -2.15. The van der Waals surface area contributed by atoms with Crippen molar-refractivity contribution in [2.75, 3.05) is 0 Å². The van der Waals surface area contributed by atoms with Gasteiger partial charge in [-0.3, -0.25) is 0 Å². The topological polar surface area (TPSA) is 23.9 Å². The Bertz CT molecular complexity index is 170. The van der Waals surface area contributed by atoms with Crippen LogP contribution in [0.2, 0.25) is 0 Å². The van der Waals surface area contributed by atoms with E-state index in [1.165, 1.54) is 24.8 Å². The van der Waals surface area contributed by atoms with E-state index in [9.17, 15) is 0 Å². The van der Waals surface area contributed by atoms with Crippen molar-refractivity contribution in [2.24, 2.45) is 5.92 Å². The highest BCUT2D eigenvalue weighted by Gasteiger charge is 2.07. The fourth-order valence-electron chi connectivity index (χ4n) is 1.60. The van der Waals surface area contributed by atoms with Gasteiger partial charge in [-0.25, -0.2) is 0 Å². The van der Waals surface area contributed by atoms with Crippen molar-refractivity contribution in [2.45, 2.75) is 52.9 Å². The molecular formula is C12H23N. The molecule has 1 heteroatoms. The first-order valence-corrected chi connectivity index (χ1v) is 5.27. The van der Waals surface area contributed by atoms with Crippen molar-refractivity contribution in [3.63, 3.8) is 0 Å². The Morgan fingerprint density at radius 3 is 2.31 bits per heavy atom. The van der Waals surface area contributed by atoms with Gasteiger partial charge in [0.25, 0.3) is 0 Å². The number of hydrogen-bond donors (Lipinski definition) is 1. The Labute approximate surface area is 82.7 Å². The lowest BCUT2D eigenvalue weighted by Crippen LogP contribution is -2.02. The fraction of sp³-hybridized carbons (Fsp3) is 0.750. The van der Waals surface area contributed by atoms with Crippen molar-refractivity contribution in [1.82, 2.24) is 0 Å². The van der Waals surface area contributed by atoms with E-state index in [1.807, 2.05) is 6.92 Å². The molecule has 1 atom stereocenters. The van der Waals surface area contributed by atoms with Gasteiger partial charge in [-0.05, 0) is 45.4 Å². The van der Waals surface area contributed by atoms with E-state index in [-0.39, 0.29) is 0 Å². The standard InChI is InChI=1S/C12H23N/c1-5-7-12(10(2)3)9-6-8-11(4)13/h12-13H,2,5-9H2,1,3-4H3. The van der Waals surface area contributed by atoms with Gasteiger partial charge in [-0.2, -0.15) is 0 Å². The molecule has 0 spiro atoms. The molecule has 0 aromatic carbocycles. The van der Waals surface area contributed by atoms with Gasteiger partial charge in [-0.15, -0.1) is 0 Å². The lowest BCUT2D eigenvalue weighted by molar-refractivity contribution is 0.498. The second-order valence-electron chi connectivity index (χ2n) is 4.00. The van der Waals surface area contributed by atoms with Crippen LogP contribution >= 0.6 is 0 Å². The van der Waals surface area contributed by atoms with E-state index in [0.717, 1.165) is 18.6 Å². The van der Waals surface area contributed by atoms with Crippen LogP contribution in [0.25, 0.3) is 0 Å². The van der Waals surface area contributed by atoms with E-state index in [0.29, 0.717) is 5.92 Å². The van der Waals surface area contributed by atoms with Gasteiger partial charge in [0.15, 0.2) is 0 Å². The number of allylic oxidation sites excluding steroid dienone is 1. The van der Waals surface area contributed by atoms with E-state index in [4.69, 9.17) is 5.41 Å². The summed E-state index contributed by atoms with van der Waals surface area (Å²) >= 11 is 0. The van der Waals surface area contributed by atoms with Crippen molar-refractivity contribution < 1.29 is 0 Å². The molecule has 0 heterocycles. The summed E-state index contributed by atoms with van der Waals surface area (Å²) < 4.78 is 0. The van der Waals surface area contributed by atoms with Crippen LogP contribution in [0.15, 0.2) is 12.2 Å². The minimum Gasteiger partial charge on any atom is -0.310 e. The van der Waals surface area contributed by atoms with Crippen molar-refractivity contribution in [3.8, 4) is 0 Å². The summed E-state index contributed by atoms with van der Waals surface area (Å²) in [6.07, 6.45) is 5.80. The molecule has 0 saturated carbocycles. The molecule has 0 saturated heterocycles. The normalized spacial score (nSPS) is 12.5. The van der Waals surface area contributed by atoms with Gasteiger partial charge < -0.3 is 5.41 Å². The minimum atomic E-state index is 0.685. The minimum absolute atomic E-state index is 0.685. The first-order chi connectivity index (χ1) is 6.07. The lowest BCUT2D eigenvalue weighted by atomic mass is 9.91. The molecule has 1 nitrogen and oxygen atoms in total. The molecule has 13 heavy (non-hydrogen) atoms. The Kier molecular flexibility index (Phi) is 6.56. The molecule has 0 bridgehead atoms. The first kappa shape index (κ1) is 12.4. The summed E-state index contributed by atoms with van der Waals surface area (Å²) in [5.74, 6) is 0.685. The van der Waals surface area contributed by atoms with Crippen LogP contribution < -0.4 is 0 Å². The van der Waals surface area contributed by atoms with Crippen molar-refractivity contribution in [3.05, 3.63) is 12.2 Å². The van der Waals surface area contributed by atoms with E-state index in [1.54, 1.807) is 0 Å².